The minimum atomic E-state index is -1.46. The lowest BCUT2D eigenvalue weighted by Gasteiger charge is -2.10. The lowest BCUT2D eigenvalue weighted by atomic mass is 9.76. The predicted octanol–water partition coefficient (Wildman–Crippen LogP) is 8.85. The first kappa shape index (κ1) is 40.2. The van der Waals surface area contributed by atoms with Gasteiger partial charge in [-0.3, -0.25) is 0 Å². The summed E-state index contributed by atoms with van der Waals surface area (Å²) in [4.78, 5) is 14.9. The molecule has 0 unspecified atom stereocenters. The molecule has 0 aliphatic rings. The second kappa shape index (κ2) is 17.0. The Labute approximate surface area is 332 Å². The number of benzene rings is 4. The molecule has 0 atom stereocenters. The molecule has 4 heterocycles. The summed E-state index contributed by atoms with van der Waals surface area (Å²) in [5.74, 6) is 2.41. The number of nitrogens with zero attached hydrogens (tertiary/aromatic N) is 4. The van der Waals surface area contributed by atoms with Crippen molar-refractivity contribution in [1.29, 1.82) is 0 Å². The number of aromatic nitrogens is 6. The van der Waals surface area contributed by atoms with E-state index in [1.807, 2.05) is 88.4 Å². The molecule has 0 aliphatic carbocycles. The summed E-state index contributed by atoms with van der Waals surface area (Å²) in [5, 5.41) is 25.5. The van der Waals surface area contributed by atoms with Crippen LogP contribution in [0.4, 0.5) is 11.9 Å². The maximum atomic E-state index is 8.73. The van der Waals surface area contributed by atoms with Crippen LogP contribution in [0.2, 0.25) is 0 Å². The number of aromatic amines is 2. The Kier molecular flexibility index (Phi) is 12.4. The molecule has 0 saturated heterocycles. The molecule has 4 aromatic carbocycles. The van der Waals surface area contributed by atoms with Gasteiger partial charge in [-0.05, 0) is 108 Å². The third kappa shape index (κ3) is 8.72. The Balaban J connectivity index is 0.000000170. The van der Waals surface area contributed by atoms with Crippen LogP contribution >= 0.6 is 22.6 Å². The highest BCUT2D eigenvalue weighted by molar-refractivity contribution is 14.1. The smallest absolute Gasteiger partial charge is 0.423 e. The van der Waals surface area contributed by atoms with E-state index in [-0.39, 0.29) is 7.43 Å². The number of nitrogens with two attached hydrogens (primary N) is 2. The first-order chi connectivity index (χ1) is 25.8. The third-order valence-corrected chi connectivity index (χ3v) is 9.53. The molecule has 0 aliphatic heterocycles. The van der Waals surface area contributed by atoms with E-state index in [1.54, 1.807) is 12.1 Å². The molecular weight excluding hydrogens is 806 g/mol. The van der Waals surface area contributed by atoms with Crippen LogP contribution in [0.5, 0.6) is 0 Å². The van der Waals surface area contributed by atoms with Gasteiger partial charge in [-0.1, -0.05) is 91.6 Å². The number of aryl methyl sites for hydroxylation is 4. The van der Waals surface area contributed by atoms with Gasteiger partial charge in [0.05, 0.1) is 27.9 Å². The fourth-order valence-electron chi connectivity index (χ4n) is 6.14. The molecule has 280 valence electrons. The maximum absolute atomic E-state index is 8.73. The van der Waals surface area contributed by atoms with Crippen LogP contribution in [-0.2, 0) is 0 Å². The largest absolute Gasteiger partial charge is 0.488 e. The molecule has 0 fully saturated rings. The Hall–Kier alpha value is -5.97. The van der Waals surface area contributed by atoms with Crippen molar-refractivity contribution in [3.63, 3.8) is 0 Å². The number of rotatable bonds is 6. The van der Waals surface area contributed by atoms with E-state index in [0.29, 0.717) is 17.4 Å². The second-order valence-electron chi connectivity index (χ2n) is 12.5. The zero-order chi connectivity index (χ0) is 38.7. The van der Waals surface area contributed by atoms with Crippen LogP contribution < -0.4 is 11.5 Å². The second-order valence-corrected chi connectivity index (χ2v) is 13.7. The maximum Gasteiger partial charge on any atom is 0.488 e. The summed E-state index contributed by atoms with van der Waals surface area (Å²) < 4.78 is 11.6. The summed E-state index contributed by atoms with van der Waals surface area (Å²) in [7, 11) is -1.46. The summed E-state index contributed by atoms with van der Waals surface area (Å²) in [6.07, 6.45) is 0. The minimum absolute atomic E-state index is 0. The van der Waals surface area contributed by atoms with Crippen LogP contribution in [-0.4, -0.2) is 47.4 Å². The molecule has 0 radical (unpaired) electrons. The van der Waals surface area contributed by atoms with E-state index in [2.05, 4.69) is 78.1 Å². The lowest BCUT2D eigenvalue weighted by molar-refractivity contribution is 0.393. The number of fused-ring (bicyclic) bond motifs is 2. The average Bonchev–Trinajstić information content (AvgIpc) is 3.92. The topological polar surface area (TPSA) is 202 Å². The van der Waals surface area contributed by atoms with Gasteiger partial charge in [-0.25, -0.2) is 9.97 Å². The Morgan fingerprint density at radius 2 is 1.15 bits per heavy atom. The van der Waals surface area contributed by atoms with Crippen LogP contribution in [0.3, 0.4) is 0 Å². The van der Waals surface area contributed by atoms with E-state index in [4.69, 9.17) is 30.6 Å². The average molecular weight is 849 g/mol. The normalized spacial score (nSPS) is 10.6. The van der Waals surface area contributed by atoms with Crippen molar-refractivity contribution in [2.75, 3.05) is 11.5 Å². The standard InChI is InChI=1S/C20H18N4O.C12H11IN4O.C8H9BO2.CH4/c1-11(14-7-5-4-6-8-14)16-9-15(18-12(2)24-25-13(18)3)10-17-19(16)23-20(21)22-17;1-5-10(6(2)18-17-5)7-3-8(13)11-9(4-7)15-12(14)16-11;1-7(9(10)11)8-5-3-2-4-6-8;/h4-10H,1H2,2-3H3,(H3,21,22,23);3-4H,1-2H3,(H3,14,15,16);2-6,10-11H,1H2;1H4. The summed E-state index contributed by atoms with van der Waals surface area (Å²) in [6, 6.07) is 27.3. The molecule has 0 bridgehead atoms. The van der Waals surface area contributed by atoms with Gasteiger partial charge in [0.25, 0.3) is 0 Å². The summed E-state index contributed by atoms with van der Waals surface area (Å²) in [6.45, 7) is 15.5. The van der Waals surface area contributed by atoms with Crippen LogP contribution in [0, 0.1) is 31.3 Å². The zero-order valence-electron chi connectivity index (χ0n) is 30.1. The van der Waals surface area contributed by atoms with Gasteiger partial charge in [0.15, 0.2) is 11.9 Å². The molecular formula is C41H42BIN8O4. The Morgan fingerprint density at radius 3 is 1.62 bits per heavy atom. The molecule has 55 heavy (non-hydrogen) atoms. The van der Waals surface area contributed by atoms with E-state index in [0.717, 1.165) is 93.1 Å². The zero-order valence-corrected chi connectivity index (χ0v) is 32.3. The summed E-state index contributed by atoms with van der Waals surface area (Å²) >= 11 is 2.26. The van der Waals surface area contributed by atoms with Gasteiger partial charge in [-0.2, -0.15) is 0 Å². The molecule has 8 aromatic rings. The van der Waals surface area contributed by atoms with Gasteiger partial charge in [0.2, 0.25) is 0 Å². The van der Waals surface area contributed by atoms with E-state index >= 15 is 0 Å². The summed E-state index contributed by atoms with van der Waals surface area (Å²) in [5.41, 5.74) is 24.8. The highest BCUT2D eigenvalue weighted by atomic mass is 127. The number of halogens is 1. The first-order valence-corrected chi connectivity index (χ1v) is 17.9. The highest BCUT2D eigenvalue weighted by Gasteiger charge is 2.18. The lowest BCUT2D eigenvalue weighted by Crippen LogP contribution is -2.12. The van der Waals surface area contributed by atoms with Crippen LogP contribution in [0.25, 0.3) is 55.4 Å². The molecule has 8 rings (SSSR count). The molecule has 0 spiro atoms. The SMILES string of the molecule is C.C=C(B(O)O)c1ccccc1.C=C(c1ccccc1)c1cc(-c2c(C)noc2C)cc2[nH]c(N)nc12.Cc1noc(C)c1-c1cc(I)c2nc(N)[nH]c2c1. The van der Waals surface area contributed by atoms with Crippen molar-refractivity contribution < 1.29 is 19.1 Å². The quantitative estimate of drug-likeness (QED) is 0.0693. The number of anilines is 2. The fourth-order valence-corrected chi connectivity index (χ4v) is 6.88. The van der Waals surface area contributed by atoms with Crippen LogP contribution in [0.1, 0.15) is 47.0 Å². The molecule has 8 N–H and O–H groups in total. The number of hydrogen-bond donors (Lipinski definition) is 6. The van der Waals surface area contributed by atoms with Gasteiger partial charge < -0.3 is 40.5 Å². The predicted molar refractivity (Wildman–Crippen MR) is 231 cm³/mol. The minimum Gasteiger partial charge on any atom is -0.423 e. The molecule has 14 heteroatoms. The number of hydrogen-bond acceptors (Lipinski definition) is 10. The highest BCUT2D eigenvalue weighted by Crippen LogP contribution is 2.36. The van der Waals surface area contributed by atoms with Crippen molar-refractivity contribution in [2.24, 2.45) is 0 Å². The van der Waals surface area contributed by atoms with Gasteiger partial charge >= 0.3 is 7.12 Å². The van der Waals surface area contributed by atoms with Crippen molar-refractivity contribution >= 4 is 74.7 Å². The van der Waals surface area contributed by atoms with Crippen molar-refractivity contribution in [3.05, 3.63) is 141 Å². The number of nitrogen functional groups attached to an aromatic ring is 2. The molecule has 0 amide bonds. The number of H-pyrrole nitrogens is 2. The third-order valence-electron chi connectivity index (χ3n) is 8.71. The number of nitrogens with one attached hydrogen (secondary N) is 2. The van der Waals surface area contributed by atoms with E-state index in [1.165, 1.54) is 0 Å². The Morgan fingerprint density at radius 1 is 0.691 bits per heavy atom. The Bertz CT molecular complexity index is 2570. The van der Waals surface area contributed by atoms with Crippen molar-refractivity contribution in [3.8, 4) is 22.3 Å². The van der Waals surface area contributed by atoms with Crippen molar-refractivity contribution in [2.45, 2.75) is 35.1 Å². The molecule has 12 nitrogen and oxygen atoms in total. The van der Waals surface area contributed by atoms with Gasteiger partial charge in [0, 0.05) is 20.3 Å². The monoisotopic (exact) mass is 848 g/mol. The van der Waals surface area contributed by atoms with Gasteiger partial charge in [0.1, 0.15) is 17.0 Å². The first-order valence-electron chi connectivity index (χ1n) is 16.8. The van der Waals surface area contributed by atoms with E-state index < -0.39 is 7.12 Å². The fraction of sp³-hybridized carbons (Fsp3) is 0.122. The molecule has 4 aromatic heterocycles. The van der Waals surface area contributed by atoms with Crippen molar-refractivity contribution in [1.82, 2.24) is 30.2 Å². The van der Waals surface area contributed by atoms with Gasteiger partial charge in [-0.15, -0.1) is 0 Å². The molecule has 0 saturated carbocycles. The number of imidazole rings is 2. The van der Waals surface area contributed by atoms with E-state index in [9.17, 15) is 0 Å². The van der Waals surface area contributed by atoms with Crippen LogP contribution in [0.15, 0.2) is 107 Å².